The monoisotopic (exact) mass is 559 g/mol. The lowest BCUT2D eigenvalue weighted by atomic mass is 9.80. The standard InChI is InChI=1S/C27H37N5O4S2/c1-31-13-15-32(16-14-31)26-29-22(18-38-26)19-6-8-20(9-7-19)23(33)30-27(11-4-3-5-12-27)25(36)28-21(24(34)35)10-17-37-2/h6-9,18,21H,3-5,10-17H2,1-2H3,(H,28,36)(H,30,33)(H,34,35)/t21-/m0/s1. The highest BCUT2D eigenvalue weighted by molar-refractivity contribution is 7.98. The summed E-state index contributed by atoms with van der Waals surface area (Å²) in [4.78, 5) is 47.7. The Bertz CT molecular complexity index is 1110. The minimum atomic E-state index is -1.10. The molecule has 38 heavy (non-hydrogen) atoms. The molecule has 2 fully saturated rings. The topological polar surface area (TPSA) is 115 Å². The summed E-state index contributed by atoms with van der Waals surface area (Å²) >= 11 is 3.16. The molecule has 9 nitrogen and oxygen atoms in total. The highest BCUT2D eigenvalue weighted by Gasteiger charge is 2.42. The Hall–Kier alpha value is -2.63. The minimum Gasteiger partial charge on any atom is -0.480 e. The third-order valence-electron chi connectivity index (χ3n) is 7.42. The second-order valence-electron chi connectivity index (χ2n) is 10.1. The van der Waals surface area contributed by atoms with Crippen LogP contribution >= 0.6 is 23.1 Å². The fraction of sp³-hybridized carbons (Fsp3) is 0.556. The number of thiazole rings is 1. The number of piperazine rings is 1. The Labute approximate surface area is 232 Å². The van der Waals surface area contributed by atoms with Crippen molar-refractivity contribution < 1.29 is 19.5 Å². The molecule has 0 unspecified atom stereocenters. The molecule has 1 aliphatic carbocycles. The predicted molar refractivity (Wildman–Crippen MR) is 153 cm³/mol. The molecule has 1 saturated heterocycles. The van der Waals surface area contributed by atoms with Gasteiger partial charge < -0.3 is 25.5 Å². The first kappa shape index (κ1) is 28.4. The second-order valence-corrected chi connectivity index (χ2v) is 11.9. The van der Waals surface area contributed by atoms with E-state index in [1.165, 1.54) is 11.8 Å². The van der Waals surface area contributed by atoms with E-state index in [0.29, 0.717) is 30.6 Å². The number of amides is 2. The quantitative estimate of drug-likeness (QED) is 0.406. The van der Waals surface area contributed by atoms with Gasteiger partial charge in [0.05, 0.1) is 5.69 Å². The lowest BCUT2D eigenvalue weighted by Gasteiger charge is -2.37. The lowest BCUT2D eigenvalue weighted by molar-refractivity contribution is -0.143. The van der Waals surface area contributed by atoms with Crippen LogP contribution in [0.15, 0.2) is 29.6 Å². The number of carbonyl (C=O) groups excluding carboxylic acids is 2. The zero-order chi connectivity index (χ0) is 27.1. The number of hydrogen-bond donors (Lipinski definition) is 3. The van der Waals surface area contributed by atoms with Crippen LogP contribution in [0.4, 0.5) is 5.13 Å². The van der Waals surface area contributed by atoms with Crippen LogP contribution in [0.25, 0.3) is 11.3 Å². The molecule has 4 rings (SSSR count). The van der Waals surface area contributed by atoms with Crippen molar-refractivity contribution in [2.24, 2.45) is 0 Å². The summed E-state index contributed by atoms with van der Waals surface area (Å²) in [6.07, 6.45) is 5.80. The molecule has 2 amide bonds. The smallest absolute Gasteiger partial charge is 0.326 e. The van der Waals surface area contributed by atoms with E-state index < -0.39 is 23.5 Å². The van der Waals surface area contributed by atoms with Gasteiger partial charge in [-0.05, 0) is 50.5 Å². The van der Waals surface area contributed by atoms with Crippen LogP contribution in [0.3, 0.4) is 0 Å². The first-order valence-electron chi connectivity index (χ1n) is 13.2. The number of rotatable bonds is 10. The number of aromatic nitrogens is 1. The molecule has 3 N–H and O–H groups in total. The van der Waals surface area contributed by atoms with Crippen molar-refractivity contribution in [3.8, 4) is 11.3 Å². The van der Waals surface area contributed by atoms with Crippen LogP contribution in [0.2, 0.25) is 0 Å². The highest BCUT2D eigenvalue weighted by atomic mass is 32.2. The summed E-state index contributed by atoms with van der Waals surface area (Å²) in [6.45, 7) is 3.96. The van der Waals surface area contributed by atoms with Gasteiger partial charge in [0.25, 0.3) is 5.91 Å². The lowest BCUT2D eigenvalue weighted by Crippen LogP contribution is -2.62. The number of carboxylic acid groups (broad SMARTS) is 1. The summed E-state index contributed by atoms with van der Waals surface area (Å²) in [5, 5.41) is 18.3. The number of likely N-dealkylation sites (N-methyl/N-ethyl adjacent to an activating group) is 1. The van der Waals surface area contributed by atoms with E-state index in [2.05, 4.69) is 27.5 Å². The maximum absolute atomic E-state index is 13.3. The van der Waals surface area contributed by atoms with Crippen molar-refractivity contribution in [3.05, 3.63) is 35.2 Å². The van der Waals surface area contributed by atoms with E-state index in [-0.39, 0.29) is 5.91 Å². The van der Waals surface area contributed by atoms with Crippen molar-refractivity contribution in [1.29, 1.82) is 0 Å². The maximum Gasteiger partial charge on any atom is 0.326 e. The molecular formula is C27H37N5O4S2. The van der Waals surface area contributed by atoms with E-state index in [9.17, 15) is 19.5 Å². The normalized spacial score (nSPS) is 18.5. The van der Waals surface area contributed by atoms with Gasteiger partial charge in [-0.1, -0.05) is 31.4 Å². The van der Waals surface area contributed by atoms with Gasteiger partial charge in [0, 0.05) is 42.7 Å². The molecule has 0 bridgehead atoms. The van der Waals surface area contributed by atoms with Gasteiger partial charge in [-0.25, -0.2) is 9.78 Å². The molecule has 0 spiro atoms. The van der Waals surface area contributed by atoms with E-state index in [1.54, 1.807) is 23.5 Å². The maximum atomic E-state index is 13.3. The molecule has 2 heterocycles. The predicted octanol–water partition coefficient (Wildman–Crippen LogP) is 3.32. The molecule has 2 aliphatic rings. The fourth-order valence-electron chi connectivity index (χ4n) is 4.98. The first-order valence-corrected chi connectivity index (χ1v) is 15.4. The molecule has 1 aromatic carbocycles. The number of anilines is 1. The van der Waals surface area contributed by atoms with Crippen LogP contribution in [0.1, 0.15) is 48.9 Å². The summed E-state index contributed by atoms with van der Waals surface area (Å²) in [5.74, 6) is -1.17. The number of carbonyl (C=O) groups is 3. The Morgan fingerprint density at radius 3 is 2.42 bits per heavy atom. The molecule has 0 radical (unpaired) electrons. The zero-order valence-electron chi connectivity index (χ0n) is 22.1. The fourth-order valence-corrected chi connectivity index (χ4v) is 6.34. The second kappa shape index (κ2) is 12.9. The number of hydrogen-bond acceptors (Lipinski definition) is 8. The first-order chi connectivity index (χ1) is 18.3. The van der Waals surface area contributed by atoms with Gasteiger partial charge >= 0.3 is 5.97 Å². The molecule has 1 aliphatic heterocycles. The minimum absolute atomic E-state index is 0.332. The Kier molecular flexibility index (Phi) is 9.67. The SMILES string of the molecule is CSCC[C@H](NC(=O)C1(NC(=O)c2ccc(-c3csc(N4CCN(C)CC4)n3)cc2)CCCCC1)C(=O)O. The highest BCUT2D eigenvalue weighted by Crippen LogP contribution is 2.31. The van der Waals surface area contributed by atoms with Gasteiger partial charge in [0.1, 0.15) is 11.6 Å². The number of benzene rings is 1. The summed E-state index contributed by atoms with van der Waals surface area (Å²) < 4.78 is 0. The van der Waals surface area contributed by atoms with Gasteiger partial charge in [-0.3, -0.25) is 9.59 Å². The Balaban J connectivity index is 1.43. The van der Waals surface area contributed by atoms with Crippen LogP contribution in [-0.4, -0.2) is 89.6 Å². The number of thioether (sulfide) groups is 1. The average molecular weight is 560 g/mol. The van der Waals surface area contributed by atoms with E-state index in [1.807, 2.05) is 23.8 Å². The van der Waals surface area contributed by atoms with E-state index in [4.69, 9.17) is 4.98 Å². The number of nitrogens with zero attached hydrogens (tertiary/aromatic N) is 3. The summed E-state index contributed by atoms with van der Waals surface area (Å²) in [7, 11) is 2.13. The number of nitrogens with one attached hydrogen (secondary N) is 2. The van der Waals surface area contributed by atoms with Crippen LogP contribution in [-0.2, 0) is 9.59 Å². The van der Waals surface area contributed by atoms with Crippen LogP contribution < -0.4 is 15.5 Å². The van der Waals surface area contributed by atoms with Crippen molar-refractivity contribution in [2.45, 2.75) is 50.1 Å². The molecule has 1 aromatic heterocycles. The number of aliphatic carboxylic acids is 1. The molecule has 2 aromatic rings. The largest absolute Gasteiger partial charge is 0.480 e. The van der Waals surface area contributed by atoms with Crippen molar-refractivity contribution in [2.75, 3.05) is 50.1 Å². The van der Waals surface area contributed by atoms with Crippen molar-refractivity contribution >= 4 is 46.0 Å². The molecule has 206 valence electrons. The van der Waals surface area contributed by atoms with Crippen LogP contribution in [0.5, 0.6) is 0 Å². The van der Waals surface area contributed by atoms with Gasteiger partial charge in [0.15, 0.2) is 5.13 Å². The molecule has 1 atom stereocenters. The third-order valence-corrected chi connectivity index (χ3v) is 8.96. The third kappa shape index (κ3) is 6.86. The summed E-state index contributed by atoms with van der Waals surface area (Å²) in [5.41, 5.74) is 1.16. The van der Waals surface area contributed by atoms with Crippen LogP contribution in [0, 0.1) is 0 Å². The number of carboxylic acids is 1. The van der Waals surface area contributed by atoms with Gasteiger partial charge in [-0.15, -0.1) is 11.3 Å². The molecule has 11 heteroatoms. The van der Waals surface area contributed by atoms with Crippen molar-refractivity contribution in [3.63, 3.8) is 0 Å². The van der Waals surface area contributed by atoms with Gasteiger partial charge in [0.2, 0.25) is 5.91 Å². The van der Waals surface area contributed by atoms with E-state index in [0.717, 1.165) is 61.8 Å². The molecule has 1 saturated carbocycles. The molecular weight excluding hydrogens is 522 g/mol. The Morgan fingerprint density at radius 1 is 1.11 bits per heavy atom. The van der Waals surface area contributed by atoms with E-state index >= 15 is 0 Å². The Morgan fingerprint density at radius 2 is 1.79 bits per heavy atom. The van der Waals surface area contributed by atoms with Gasteiger partial charge in [-0.2, -0.15) is 11.8 Å². The average Bonchev–Trinajstić information content (AvgIpc) is 3.42. The summed E-state index contributed by atoms with van der Waals surface area (Å²) in [6, 6.07) is 6.31. The zero-order valence-corrected chi connectivity index (χ0v) is 23.7. The van der Waals surface area contributed by atoms with Crippen molar-refractivity contribution in [1.82, 2.24) is 20.5 Å².